The number of nitriles is 1. The van der Waals surface area contributed by atoms with Crippen molar-refractivity contribution in [3.63, 3.8) is 0 Å². The molecular weight excluding hydrogens is 647 g/mol. The molecule has 4 heterocycles. The van der Waals surface area contributed by atoms with Gasteiger partial charge in [-0.25, -0.2) is 9.78 Å². The maximum Gasteiger partial charge on any atom is 0.435 e. The summed E-state index contributed by atoms with van der Waals surface area (Å²) in [5, 5.41) is 24.1. The SMILES string of the molecule is Cn1c(-c2cn(CC#N)nc2C(F)(F)F)cnc1C(=O)Nc1ccc(C(=O)N2CCN(C(=O)C3CCN(C(=O)O)CC3)CC2)c(Cl)c1. The number of likely N-dealkylation sites (tertiary alicyclic amines) is 1. The van der Waals surface area contributed by atoms with Gasteiger partial charge in [-0.15, -0.1) is 0 Å². The van der Waals surface area contributed by atoms with Crippen LogP contribution in [0.25, 0.3) is 11.3 Å². The van der Waals surface area contributed by atoms with Crippen molar-refractivity contribution in [3.8, 4) is 17.3 Å². The summed E-state index contributed by atoms with van der Waals surface area (Å²) >= 11 is 6.42. The predicted molar refractivity (Wildman–Crippen MR) is 159 cm³/mol. The second-order valence-corrected chi connectivity index (χ2v) is 11.5. The van der Waals surface area contributed by atoms with Crippen molar-refractivity contribution in [1.82, 2.24) is 34.0 Å². The monoisotopic (exact) mass is 675 g/mol. The lowest BCUT2D eigenvalue weighted by atomic mass is 9.95. The molecule has 0 saturated carbocycles. The Morgan fingerprint density at radius 3 is 2.32 bits per heavy atom. The number of benzene rings is 1. The lowest BCUT2D eigenvalue weighted by Crippen LogP contribution is -2.53. The fraction of sp³-hybridized carbons (Fsp3) is 0.414. The number of imidazole rings is 1. The fourth-order valence-electron chi connectivity index (χ4n) is 5.67. The first kappa shape index (κ1) is 33.3. The predicted octanol–water partition coefficient (Wildman–Crippen LogP) is 3.41. The van der Waals surface area contributed by atoms with Gasteiger partial charge in [-0.05, 0) is 31.0 Å². The van der Waals surface area contributed by atoms with Crippen molar-refractivity contribution in [3.05, 3.63) is 52.7 Å². The summed E-state index contributed by atoms with van der Waals surface area (Å²) in [5.74, 6) is -1.62. The number of amides is 4. The Morgan fingerprint density at radius 1 is 1.06 bits per heavy atom. The number of carboxylic acid groups (broad SMARTS) is 1. The molecule has 2 fully saturated rings. The zero-order valence-corrected chi connectivity index (χ0v) is 25.8. The van der Waals surface area contributed by atoms with Gasteiger partial charge in [-0.1, -0.05) is 11.6 Å². The highest BCUT2D eigenvalue weighted by Crippen LogP contribution is 2.36. The standard InChI is InChI=1S/C29H29ClF3N9O5/c1-38-22(20-16-42(9-6-34)37-23(20)29(31,32)33)15-35-24(38)25(43)36-18-2-3-19(21(30)14-18)27(45)40-12-10-39(11-13-40)26(44)17-4-7-41(8-5-17)28(46)47/h2-3,14-17H,4-5,7-13H2,1H3,(H,36,43)(H,46,47). The number of piperazine rings is 1. The van der Waals surface area contributed by atoms with E-state index >= 15 is 0 Å². The van der Waals surface area contributed by atoms with Crippen LogP contribution in [0.2, 0.25) is 5.02 Å². The van der Waals surface area contributed by atoms with E-state index in [1.165, 1.54) is 34.7 Å². The first-order valence-electron chi connectivity index (χ1n) is 14.5. The van der Waals surface area contributed by atoms with Gasteiger partial charge in [0.1, 0.15) is 6.54 Å². The van der Waals surface area contributed by atoms with Gasteiger partial charge in [-0.3, -0.25) is 19.1 Å². The minimum Gasteiger partial charge on any atom is -0.465 e. The van der Waals surface area contributed by atoms with Crippen molar-refractivity contribution in [2.45, 2.75) is 25.6 Å². The van der Waals surface area contributed by atoms with Gasteiger partial charge in [0, 0.05) is 64.1 Å². The highest BCUT2D eigenvalue weighted by Gasteiger charge is 2.39. The highest BCUT2D eigenvalue weighted by atomic mass is 35.5. The average molecular weight is 676 g/mol. The second-order valence-electron chi connectivity index (χ2n) is 11.1. The van der Waals surface area contributed by atoms with E-state index < -0.39 is 30.4 Å². The van der Waals surface area contributed by atoms with Gasteiger partial charge in [0.2, 0.25) is 5.91 Å². The molecule has 14 nitrogen and oxygen atoms in total. The molecule has 0 unspecified atom stereocenters. The Kier molecular flexibility index (Phi) is 9.43. The second kappa shape index (κ2) is 13.3. The molecule has 2 aliphatic rings. The summed E-state index contributed by atoms with van der Waals surface area (Å²) in [6, 6.07) is 6.00. The normalized spacial score (nSPS) is 15.8. The van der Waals surface area contributed by atoms with Crippen LogP contribution >= 0.6 is 11.6 Å². The number of nitrogens with one attached hydrogen (secondary N) is 1. The van der Waals surface area contributed by atoms with Gasteiger partial charge in [0.05, 0.1) is 34.1 Å². The Labute approximate surface area is 270 Å². The summed E-state index contributed by atoms with van der Waals surface area (Å²) in [7, 11) is 1.36. The van der Waals surface area contributed by atoms with Gasteiger partial charge >= 0.3 is 12.3 Å². The maximum atomic E-state index is 13.6. The van der Waals surface area contributed by atoms with Crippen LogP contribution < -0.4 is 5.32 Å². The quantitative estimate of drug-likeness (QED) is 0.401. The lowest BCUT2D eigenvalue weighted by molar-refractivity contribution is -0.141. The van der Waals surface area contributed by atoms with Gasteiger partial charge in [0.15, 0.2) is 11.5 Å². The summed E-state index contributed by atoms with van der Waals surface area (Å²) < 4.78 is 42.9. The first-order chi connectivity index (χ1) is 22.3. The summed E-state index contributed by atoms with van der Waals surface area (Å²) in [6.45, 7) is 1.42. The van der Waals surface area contributed by atoms with E-state index in [2.05, 4.69) is 15.4 Å². The van der Waals surface area contributed by atoms with E-state index in [4.69, 9.17) is 22.0 Å². The lowest BCUT2D eigenvalue weighted by Gasteiger charge is -2.38. The molecule has 18 heteroatoms. The van der Waals surface area contributed by atoms with E-state index in [0.717, 1.165) is 17.1 Å². The number of hydrogen-bond donors (Lipinski definition) is 2. The van der Waals surface area contributed by atoms with Crippen molar-refractivity contribution in [2.24, 2.45) is 13.0 Å². The molecular formula is C29H29ClF3N9O5. The minimum atomic E-state index is -4.81. The third-order valence-electron chi connectivity index (χ3n) is 8.18. The zero-order chi connectivity index (χ0) is 34.0. The van der Waals surface area contributed by atoms with Gasteiger partial charge in [-0.2, -0.15) is 23.5 Å². The number of halogens is 4. The Hall–Kier alpha value is -5.11. The summed E-state index contributed by atoms with van der Waals surface area (Å²) in [4.78, 5) is 58.9. The van der Waals surface area contributed by atoms with Crippen LogP contribution in [0.4, 0.5) is 23.7 Å². The Balaban J connectivity index is 1.20. The number of hydrogen-bond acceptors (Lipinski definition) is 7. The average Bonchev–Trinajstić information content (AvgIpc) is 3.64. The van der Waals surface area contributed by atoms with E-state index in [1.807, 2.05) is 0 Å². The van der Waals surface area contributed by atoms with Crippen molar-refractivity contribution in [2.75, 3.05) is 44.6 Å². The molecule has 0 aliphatic carbocycles. The molecule has 0 radical (unpaired) electrons. The molecule has 5 rings (SSSR count). The zero-order valence-electron chi connectivity index (χ0n) is 25.0. The van der Waals surface area contributed by atoms with Crippen molar-refractivity contribution < 1.29 is 37.5 Å². The first-order valence-corrected chi connectivity index (χ1v) is 14.9. The van der Waals surface area contributed by atoms with Crippen LogP contribution in [0.3, 0.4) is 0 Å². The molecule has 2 saturated heterocycles. The van der Waals surface area contributed by atoms with Crippen LogP contribution in [0.1, 0.15) is 39.5 Å². The number of nitrogens with zero attached hydrogens (tertiary/aromatic N) is 8. The minimum absolute atomic E-state index is 0.0454. The molecule has 0 spiro atoms. The van der Waals surface area contributed by atoms with Crippen molar-refractivity contribution in [1.29, 1.82) is 5.26 Å². The van der Waals surface area contributed by atoms with Crippen LogP contribution in [0, 0.1) is 17.2 Å². The third kappa shape index (κ3) is 7.02. The Bertz CT molecular complexity index is 1750. The molecule has 4 amide bonds. The Morgan fingerprint density at radius 2 is 1.72 bits per heavy atom. The van der Waals surface area contributed by atoms with Crippen LogP contribution in [0.5, 0.6) is 0 Å². The molecule has 3 aromatic rings. The molecule has 2 N–H and O–H groups in total. The number of alkyl halides is 3. The number of anilines is 1. The molecule has 2 aromatic heterocycles. The van der Waals surface area contributed by atoms with E-state index in [-0.39, 0.29) is 64.2 Å². The van der Waals surface area contributed by atoms with E-state index in [1.54, 1.807) is 15.9 Å². The molecule has 47 heavy (non-hydrogen) atoms. The number of rotatable bonds is 6. The molecule has 0 bridgehead atoms. The van der Waals surface area contributed by atoms with E-state index in [9.17, 15) is 32.3 Å². The van der Waals surface area contributed by atoms with Crippen LogP contribution in [-0.4, -0.2) is 102 Å². The highest BCUT2D eigenvalue weighted by molar-refractivity contribution is 6.34. The topological polar surface area (TPSA) is 170 Å². The fourth-order valence-corrected chi connectivity index (χ4v) is 5.93. The van der Waals surface area contributed by atoms with Crippen molar-refractivity contribution >= 4 is 41.1 Å². The van der Waals surface area contributed by atoms with Crippen LogP contribution in [-0.2, 0) is 24.6 Å². The molecule has 1 aromatic carbocycles. The van der Waals surface area contributed by atoms with Crippen LogP contribution in [0.15, 0.2) is 30.6 Å². The summed E-state index contributed by atoms with van der Waals surface area (Å²) in [6.07, 6.45) is -2.74. The molecule has 2 aliphatic heterocycles. The molecule has 248 valence electrons. The summed E-state index contributed by atoms with van der Waals surface area (Å²) in [5.41, 5.74) is -1.22. The largest absolute Gasteiger partial charge is 0.465 e. The number of carbonyl (C=O) groups excluding carboxylic acids is 3. The molecule has 0 atom stereocenters. The number of aromatic nitrogens is 4. The maximum absolute atomic E-state index is 13.6. The number of carbonyl (C=O) groups is 4. The van der Waals surface area contributed by atoms with Gasteiger partial charge < -0.3 is 29.7 Å². The smallest absolute Gasteiger partial charge is 0.435 e. The number of piperidine rings is 1. The van der Waals surface area contributed by atoms with Gasteiger partial charge in [0.25, 0.3) is 11.8 Å². The third-order valence-corrected chi connectivity index (χ3v) is 8.49. The van der Waals surface area contributed by atoms with E-state index in [0.29, 0.717) is 39.0 Å².